The van der Waals surface area contributed by atoms with Crippen LogP contribution in [0.1, 0.15) is 27.7 Å². The van der Waals surface area contributed by atoms with Gasteiger partial charge in [0.1, 0.15) is 12.3 Å². The van der Waals surface area contributed by atoms with Gasteiger partial charge in [0.2, 0.25) is 5.91 Å². The van der Waals surface area contributed by atoms with Crippen molar-refractivity contribution in [3.05, 3.63) is 0 Å². The number of nitrogens with zero attached hydrogens (tertiary/aromatic N) is 1. The Morgan fingerprint density at radius 2 is 1.71 bits per heavy atom. The van der Waals surface area contributed by atoms with E-state index in [4.69, 9.17) is 5.11 Å². The predicted molar refractivity (Wildman–Crippen MR) is 63.4 cm³/mol. The standard InChI is InChI=1S/C10H19NO5S/c1-5-11(6-9(13)14)8(12)7-17(15,16)10(2,3)4/h5-7H2,1-4H3,(H,13,14). The molecule has 0 aromatic rings. The molecule has 1 N–H and O–H groups in total. The third-order valence-electron chi connectivity index (χ3n) is 2.31. The van der Waals surface area contributed by atoms with Crippen molar-refractivity contribution in [2.75, 3.05) is 18.8 Å². The Bertz CT molecular complexity index is 393. The van der Waals surface area contributed by atoms with Crippen LogP contribution >= 0.6 is 0 Å². The van der Waals surface area contributed by atoms with Crippen molar-refractivity contribution < 1.29 is 23.1 Å². The first-order valence-corrected chi connectivity index (χ1v) is 6.88. The Hall–Kier alpha value is -1.11. The molecule has 0 aliphatic rings. The maximum Gasteiger partial charge on any atom is 0.323 e. The van der Waals surface area contributed by atoms with E-state index in [1.807, 2.05) is 0 Å². The van der Waals surface area contributed by atoms with Gasteiger partial charge < -0.3 is 10.0 Å². The zero-order valence-corrected chi connectivity index (χ0v) is 11.4. The highest BCUT2D eigenvalue weighted by Gasteiger charge is 2.32. The van der Waals surface area contributed by atoms with Gasteiger partial charge in [0.05, 0.1) is 4.75 Å². The minimum atomic E-state index is -3.57. The number of amides is 1. The monoisotopic (exact) mass is 265 g/mol. The molecule has 0 bridgehead atoms. The normalized spacial score (nSPS) is 12.2. The van der Waals surface area contributed by atoms with Gasteiger partial charge in [-0.25, -0.2) is 8.42 Å². The molecule has 0 aromatic carbocycles. The Balaban J connectivity index is 4.80. The van der Waals surface area contributed by atoms with Crippen LogP contribution in [0.25, 0.3) is 0 Å². The second-order valence-corrected chi connectivity index (χ2v) is 7.42. The molecular formula is C10H19NO5S. The molecule has 0 aromatic heterocycles. The van der Waals surface area contributed by atoms with Gasteiger partial charge >= 0.3 is 5.97 Å². The zero-order chi connectivity index (χ0) is 13.9. The van der Waals surface area contributed by atoms with E-state index >= 15 is 0 Å². The third-order valence-corrected chi connectivity index (χ3v) is 4.80. The molecule has 0 atom stereocenters. The fourth-order valence-corrected chi connectivity index (χ4v) is 1.95. The van der Waals surface area contributed by atoms with Gasteiger partial charge in [-0.05, 0) is 27.7 Å². The zero-order valence-electron chi connectivity index (χ0n) is 10.6. The molecule has 1 amide bonds. The highest BCUT2D eigenvalue weighted by molar-refractivity contribution is 7.93. The van der Waals surface area contributed by atoms with Crippen LogP contribution in [-0.4, -0.2) is 53.9 Å². The molecule has 17 heavy (non-hydrogen) atoms. The number of carboxylic acid groups (broad SMARTS) is 1. The minimum absolute atomic E-state index is 0.171. The molecule has 100 valence electrons. The average molecular weight is 265 g/mol. The average Bonchev–Trinajstić information content (AvgIpc) is 2.10. The van der Waals surface area contributed by atoms with E-state index in [2.05, 4.69) is 0 Å². The molecule has 0 radical (unpaired) electrons. The van der Waals surface area contributed by atoms with Crippen molar-refractivity contribution >= 4 is 21.7 Å². The quantitative estimate of drug-likeness (QED) is 0.763. The summed E-state index contributed by atoms with van der Waals surface area (Å²) in [4.78, 5) is 23.2. The minimum Gasteiger partial charge on any atom is -0.480 e. The van der Waals surface area contributed by atoms with Crippen molar-refractivity contribution in [2.45, 2.75) is 32.4 Å². The van der Waals surface area contributed by atoms with Gasteiger partial charge in [-0.2, -0.15) is 0 Å². The van der Waals surface area contributed by atoms with Crippen LogP contribution in [0.4, 0.5) is 0 Å². The Kier molecular flexibility index (Phi) is 5.12. The van der Waals surface area contributed by atoms with Crippen LogP contribution in [0.2, 0.25) is 0 Å². The number of carbonyl (C=O) groups excluding carboxylic acids is 1. The molecule has 0 aliphatic carbocycles. The Morgan fingerprint density at radius 1 is 1.24 bits per heavy atom. The fourth-order valence-electron chi connectivity index (χ4n) is 1.01. The molecule has 0 saturated carbocycles. The highest BCUT2D eigenvalue weighted by atomic mass is 32.2. The summed E-state index contributed by atoms with van der Waals surface area (Å²) in [6.07, 6.45) is 0. The van der Waals surface area contributed by atoms with Crippen molar-refractivity contribution in [1.29, 1.82) is 0 Å². The number of likely N-dealkylation sites (N-methyl/N-ethyl adjacent to an activating group) is 1. The summed E-state index contributed by atoms with van der Waals surface area (Å²) in [5.74, 6) is -2.49. The topological polar surface area (TPSA) is 91.8 Å². The van der Waals surface area contributed by atoms with E-state index < -0.39 is 38.8 Å². The van der Waals surface area contributed by atoms with Gasteiger partial charge in [0, 0.05) is 6.54 Å². The van der Waals surface area contributed by atoms with Crippen LogP contribution < -0.4 is 0 Å². The second kappa shape index (κ2) is 5.48. The maximum absolute atomic E-state index is 11.8. The molecule has 0 spiro atoms. The number of aliphatic carboxylic acids is 1. The van der Waals surface area contributed by atoms with Crippen LogP contribution in [0.15, 0.2) is 0 Å². The lowest BCUT2D eigenvalue weighted by Crippen LogP contribution is -2.42. The first kappa shape index (κ1) is 15.9. The molecule has 0 fully saturated rings. The van der Waals surface area contributed by atoms with E-state index in [0.717, 1.165) is 4.90 Å². The Labute approximate surface area is 102 Å². The SMILES string of the molecule is CCN(CC(=O)O)C(=O)CS(=O)(=O)C(C)(C)C. The molecule has 0 saturated heterocycles. The summed E-state index contributed by atoms with van der Waals surface area (Å²) in [5.41, 5.74) is 0. The van der Waals surface area contributed by atoms with Crippen molar-refractivity contribution in [3.8, 4) is 0 Å². The van der Waals surface area contributed by atoms with E-state index in [-0.39, 0.29) is 6.54 Å². The fraction of sp³-hybridized carbons (Fsp3) is 0.800. The van der Waals surface area contributed by atoms with E-state index in [9.17, 15) is 18.0 Å². The molecule has 7 heteroatoms. The van der Waals surface area contributed by atoms with Gasteiger partial charge in [0.25, 0.3) is 0 Å². The summed E-state index contributed by atoms with van der Waals surface area (Å²) in [7, 11) is -3.57. The van der Waals surface area contributed by atoms with Crippen molar-refractivity contribution in [1.82, 2.24) is 4.90 Å². The molecule has 0 heterocycles. The molecule has 0 rings (SSSR count). The molecule has 0 unspecified atom stereocenters. The van der Waals surface area contributed by atoms with Gasteiger partial charge in [-0.1, -0.05) is 0 Å². The molecule has 6 nitrogen and oxygen atoms in total. The van der Waals surface area contributed by atoms with E-state index in [0.29, 0.717) is 0 Å². The number of rotatable bonds is 5. The lowest BCUT2D eigenvalue weighted by atomic mass is 10.3. The lowest BCUT2D eigenvalue weighted by molar-refractivity contribution is -0.143. The maximum atomic E-state index is 11.8. The van der Waals surface area contributed by atoms with Crippen molar-refractivity contribution in [3.63, 3.8) is 0 Å². The van der Waals surface area contributed by atoms with Crippen LogP contribution in [0.3, 0.4) is 0 Å². The predicted octanol–water partition coefficient (Wildman–Crippen LogP) is 0.133. The summed E-state index contributed by atoms with van der Waals surface area (Å²) in [6, 6.07) is 0. The summed E-state index contributed by atoms with van der Waals surface area (Å²) in [6.45, 7) is 5.81. The van der Waals surface area contributed by atoms with E-state index in [1.165, 1.54) is 20.8 Å². The number of hydrogen-bond donors (Lipinski definition) is 1. The summed E-state index contributed by atoms with van der Waals surface area (Å²) in [5, 5.41) is 8.58. The second-order valence-electron chi connectivity index (χ2n) is 4.67. The molecule has 0 aliphatic heterocycles. The first-order valence-electron chi connectivity index (χ1n) is 5.23. The van der Waals surface area contributed by atoms with Gasteiger partial charge in [-0.15, -0.1) is 0 Å². The number of carbonyl (C=O) groups is 2. The summed E-state index contributed by atoms with van der Waals surface area (Å²) < 4.78 is 22.5. The number of sulfone groups is 1. The van der Waals surface area contributed by atoms with Gasteiger partial charge in [-0.3, -0.25) is 9.59 Å². The van der Waals surface area contributed by atoms with Crippen molar-refractivity contribution in [2.24, 2.45) is 0 Å². The van der Waals surface area contributed by atoms with Crippen LogP contribution in [0.5, 0.6) is 0 Å². The third kappa shape index (κ3) is 4.72. The van der Waals surface area contributed by atoms with Crippen LogP contribution in [-0.2, 0) is 19.4 Å². The Morgan fingerprint density at radius 3 is 2.00 bits per heavy atom. The van der Waals surface area contributed by atoms with Crippen LogP contribution in [0, 0.1) is 0 Å². The largest absolute Gasteiger partial charge is 0.480 e. The summed E-state index contributed by atoms with van der Waals surface area (Å²) >= 11 is 0. The molecular weight excluding hydrogens is 246 g/mol. The smallest absolute Gasteiger partial charge is 0.323 e. The number of carboxylic acids is 1. The van der Waals surface area contributed by atoms with Gasteiger partial charge in [0.15, 0.2) is 9.84 Å². The first-order chi connectivity index (χ1) is 7.51. The lowest BCUT2D eigenvalue weighted by Gasteiger charge is -2.23. The van der Waals surface area contributed by atoms with E-state index in [1.54, 1.807) is 6.92 Å². The number of hydrogen-bond acceptors (Lipinski definition) is 4. The highest BCUT2D eigenvalue weighted by Crippen LogP contribution is 2.16.